The highest BCUT2D eigenvalue weighted by Gasteiger charge is 2.13. The molecule has 0 spiro atoms. The molecule has 5 heteroatoms. The van der Waals surface area contributed by atoms with Crippen molar-refractivity contribution in [1.82, 2.24) is 5.32 Å². The number of carbonyl (C=O) groups excluding carboxylic acids is 1. The van der Waals surface area contributed by atoms with Gasteiger partial charge in [-0.05, 0) is 43.2 Å². The van der Waals surface area contributed by atoms with Gasteiger partial charge in [0.15, 0.2) is 18.1 Å². The second-order valence-corrected chi connectivity index (χ2v) is 5.46. The highest BCUT2D eigenvalue weighted by Crippen LogP contribution is 2.29. The summed E-state index contributed by atoms with van der Waals surface area (Å²) in [6.45, 7) is 3.83. The number of methoxy groups -OCH3 is 2. The van der Waals surface area contributed by atoms with Crippen molar-refractivity contribution in [3.05, 3.63) is 53.6 Å². The highest BCUT2D eigenvalue weighted by molar-refractivity contribution is 5.78. The van der Waals surface area contributed by atoms with Crippen LogP contribution in [0.25, 0.3) is 0 Å². The number of ether oxygens (including phenoxy) is 3. The minimum Gasteiger partial charge on any atom is -0.493 e. The van der Waals surface area contributed by atoms with Crippen LogP contribution in [-0.4, -0.2) is 26.7 Å². The van der Waals surface area contributed by atoms with E-state index in [1.54, 1.807) is 14.2 Å². The molecule has 1 amide bonds. The van der Waals surface area contributed by atoms with Crippen LogP contribution < -0.4 is 19.5 Å². The van der Waals surface area contributed by atoms with Crippen LogP contribution in [0.5, 0.6) is 17.2 Å². The van der Waals surface area contributed by atoms with Gasteiger partial charge in [0, 0.05) is 0 Å². The average Bonchev–Trinajstić information content (AvgIpc) is 2.60. The van der Waals surface area contributed by atoms with Crippen LogP contribution in [0.15, 0.2) is 42.5 Å². The first-order valence-electron chi connectivity index (χ1n) is 7.75. The molecule has 0 aliphatic rings. The molecule has 5 nitrogen and oxygen atoms in total. The van der Waals surface area contributed by atoms with Gasteiger partial charge in [0.25, 0.3) is 5.91 Å². The van der Waals surface area contributed by atoms with Gasteiger partial charge in [0.1, 0.15) is 5.75 Å². The summed E-state index contributed by atoms with van der Waals surface area (Å²) < 4.78 is 16.1. The van der Waals surface area contributed by atoms with E-state index in [-0.39, 0.29) is 18.6 Å². The standard InChI is InChI=1S/C19H23NO4/c1-13-7-5-6-8-16(13)24-12-19(21)20-14(2)15-9-10-17(22-3)18(11-15)23-4/h5-11,14H,12H2,1-4H3,(H,20,21). The zero-order valence-electron chi connectivity index (χ0n) is 14.5. The second kappa shape index (κ2) is 8.24. The van der Waals surface area contributed by atoms with Crippen molar-refractivity contribution >= 4 is 5.91 Å². The predicted octanol–water partition coefficient (Wildman–Crippen LogP) is 3.27. The molecule has 0 aliphatic carbocycles. The number of benzene rings is 2. The van der Waals surface area contributed by atoms with Gasteiger partial charge in [-0.1, -0.05) is 24.3 Å². The lowest BCUT2D eigenvalue weighted by Crippen LogP contribution is -2.31. The molecule has 0 aromatic heterocycles. The van der Waals surface area contributed by atoms with Crippen molar-refractivity contribution in [3.63, 3.8) is 0 Å². The molecule has 1 atom stereocenters. The minimum absolute atomic E-state index is 0.0253. The first kappa shape index (κ1) is 17.7. The van der Waals surface area contributed by atoms with Gasteiger partial charge in [0.2, 0.25) is 0 Å². The van der Waals surface area contributed by atoms with Crippen molar-refractivity contribution < 1.29 is 19.0 Å². The zero-order chi connectivity index (χ0) is 17.5. The average molecular weight is 329 g/mol. The minimum atomic E-state index is -0.180. The van der Waals surface area contributed by atoms with E-state index in [4.69, 9.17) is 14.2 Å². The lowest BCUT2D eigenvalue weighted by atomic mass is 10.1. The summed E-state index contributed by atoms with van der Waals surface area (Å²) in [4.78, 5) is 12.1. The van der Waals surface area contributed by atoms with Gasteiger partial charge >= 0.3 is 0 Å². The Morgan fingerprint density at radius 1 is 1.04 bits per heavy atom. The molecule has 2 aromatic carbocycles. The van der Waals surface area contributed by atoms with E-state index in [1.165, 1.54) is 0 Å². The smallest absolute Gasteiger partial charge is 0.258 e. The third-order valence-corrected chi connectivity index (χ3v) is 3.74. The lowest BCUT2D eigenvalue weighted by molar-refractivity contribution is -0.123. The van der Waals surface area contributed by atoms with Crippen molar-refractivity contribution in [3.8, 4) is 17.2 Å². The molecule has 0 saturated carbocycles. The number of rotatable bonds is 7. The van der Waals surface area contributed by atoms with E-state index in [0.717, 1.165) is 11.1 Å². The highest BCUT2D eigenvalue weighted by atomic mass is 16.5. The van der Waals surface area contributed by atoms with Crippen molar-refractivity contribution in [2.45, 2.75) is 19.9 Å². The number of hydrogen-bond acceptors (Lipinski definition) is 4. The normalized spacial score (nSPS) is 11.5. The summed E-state index contributed by atoms with van der Waals surface area (Å²) in [5.74, 6) is 1.82. The fourth-order valence-corrected chi connectivity index (χ4v) is 2.35. The molecule has 2 aromatic rings. The Balaban J connectivity index is 1.95. The van der Waals surface area contributed by atoms with Gasteiger partial charge in [-0.2, -0.15) is 0 Å². The SMILES string of the molecule is COc1ccc(C(C)NC(=O)COc2ccccc2C)cc1OC. The summed E-state index contributed by atoms with van der Waals surface area (Å²) in [5, 5.41) is 2.91. The fraction of sp³-hybridized carbons (Fsp3) is 0.316. The topological polar surface area (TPSA) is 56.8 Å². The van der Waals surface area contributed by atoms with Gasteiger partial charge in [-0.3, -0.25) is 4.79 Å². The largest absolute Gasteiger partial charge is 0.493 e. The molecule has 24 heavy (non-hydrogen) atoms. The summed E-state index contributed by atoms with van der Waals surface area (Å²) in [5.41, 5.74) is 1.93. The lowest BCUT2D eigenvalue weighted by Gasteiger charge is -2.17. The van der Waals surface area contributed by atoms with E-state index in [0.29, 0.717) is 17.2 Å². The monoisotopic (exact) mass is 329 g/mol. The molecule has 0 bridgehead atoms. The molecule has 0 heterocycles. The van der Waals surface area contributed by atoms with E-state index >= 15 is 0 Å². The summed E-state index contributed by atoms with van der Waals surface area (Å²) in [7, 11) is 3.17. The Kier molecular flexibility index (Phi) is 6.07. The fourth-order valence-electron chi connectivity index (χ4n) is 2.35. The number of hydrogen-bond donors (Lipinski definition) is 1. The van der Waals surface area contributed by atoms with Crippen LogP contribution in [0.2, 0.25) is 0 Å². The molecular formula is C19H23NO4. The van der Waals surface area contributed by atoms with E-state index in [9.17, 15) is 4.79 Å². The molecule has 1 N–H and O–H groups in total. The second-order valence-electron chi connectivity index (χ2n) is 5.46. The van der Waals surface area contributed by atoms with Crippen LogP contribution in [0.4, 0.5) is 0 Å². The van der Waals surface area contributed by atoms with Crippen LogP contribution >= 0.6 is 0 Å². The maximum Gasteiger partial charge on any atom is 0.258 e. The van der Waals surface area contributed by atoms with Crippen LogP contribution in [0.3, 0.4) is 0 Å². The van der Waals surface area contributed by atoms with Crippen LogP contribution in [-0.2, 0) is 4.79 Å². The van der Waals surface area contributed by atoms with Crippen LogP contribution in [0.1, 0.15) is 24.1 Å². The molecule has 0 aliphatic heterocycles. The zero-order valence-corrected chi connectivity index (χ0v) is 14.5. The molecule has 128 valence electrons. The first-order chi connectivity index (χ1) is 11.5. The first-order valence-corrected chi connectivity index (χ1v) is 7.75. The Labute approximate surface area is 142 Å². The molecule has 0 saturated heterocycles. The number of nitrogens with one attached hydrogen (secondary N) is 1. The molecule has 2 rings (SSSR count). The Bertz CT molecular complexity index is 700. The molecule has 1 unspecified atom stereocenters. The summed E-state index contributed by atoms with van der Waals surface area (Å²) in [6.07, 6.45) is 0. The van der Waals surface area contributed by atoms with Crippen molar-refractivity contribution in [2.75, 3.05) is 20.8 Å². The number of amides is 1. The predicted molar refractivity (Wildman–Crippen MR) is 92.8 cm³/mol. The van der Waals surface area contributed by atoms with Crippen molar-refractivity contribution in [1.29, 1.82) is 0 Å². The van der Waals surface area contributed by atoms with E-state index in [2.05, 4.69) is 5.32 Å². The maximum atomic E-state index is 12.1. The third kappa shape index (κ3) is 4.41. The van der Waals surface area contributed by atoms with Gasteiger partial charge in [-0.15, -0.1) is 0 Å². The van der Waals surface area contributed by atoms with E-state index in [1.807, 2.05) is 56.3 Å². The van der Waals surface area contributed by atoms with Gasteiger partial charge < -0.3 is 19.5 Å². The van der Waals surface area contributed by atoms with Crippen LogP contribution in [0, 0.1) is 6.92 Å². The quantitative estimate of drug-likeness (QED) is 0.847. The Hall–Kier alpha value is -2.69. The third-order valence-electron chi connectivity index (χ3n) is 3.74. The Morgan fingerprint density at radius 3 is 2.42 bits per heavy atom. The van der Waals surface area contributed by atoms with Gasteiger partial charge in [-0.25, -0.2) is 0 Å². The maximum absolute atomic E-state index is 12.1. The van der Waals surface area contributed by atoms with Crippen molar-refractivity contribution in [2.24, 2.45) is 0 Å². The molecule has 0 radical (unpaired) electrons. The van der Waals surface area contributed by atoms with Gasteiger partial charge in [0.05, 0.1) is 20.3 Å². The molecular weight excluding hydrogens is 306 g/mol. The number of para-hydroxylation sites is 1. The Morgan fingerprint density at radius 2 is 1.75 bits per heavy atom. The van der Waals surface area contributed by atoms with E-state index < -0.39 is 0 Å². The summed E-state index contributed by atoms with van der Waals surface area (Å²) >= 11 is 0. The summed E-state index contributed by atoms with van der Waals surface area (Å²) in [6, 6.07) is 13.0. The number of aryl methyl sites for hydroxylation is 1. The number of carbonyl (C=O) groups is 1. The molecule has 0 fully saturated rings.